The summed E-state index contributed by atoms with van der Waals surface area (Å²) in [6.07, 6.45) is 2.77. The number of halogens is 1. The third-order valence-corrected chi connectivity index (χ3v) is 4.25. The number of rotatable bonds is 4. The number of esters is 2. The van der Waals surface area contributed by atoms with Crippen LogP contribution in [0.15, 0.2) is 53.0 Å². The summed E-state index contributed by atoms with van der Waals surface area (Å²) in [6.45, 7) is 0. The summed E-state index contributed by atoms with van der Waals surface area (Å²) in [5.41, 5.74) is 0.416. The quantitative estimate of drug-likeness (QED) is 0.588. The minimum absolute atomic E-state index is 0.0381. The summed E-state index contributed by atoms with van der Waals surface area (Å²) in [4.78, 5) is 24.2. The maximum absolute atomic E-state index is 12.2. The van der Waals surface area contributed by atoms with E-state index in [0.29, 0.717) is 5.56 Å². The Labute approximate surface area is 142 Å². The van der Waals surface area contributed by atoms with E-state index in [0.717, 1.165) is 23.7 Å². The van der Waals surface area contributed by atoms with E-state index in [2.05, 4.69) is 15.9 Å². The van der Waals surface area contributed by atoms with Crippen LogP contribution in [0.25, 0.3) is 0 Å². The van der Waals surface area contributed by atoms with Crippen LogP contribution < -0.4 is 9.47 Å². The highest BCUT2D eigenvalue weighted by Crippen LogP contribution is 2.32. The summed E-state index contributed by atoms with van der Waals surface area (Å²) in [5, 5.41) is 0. The normalized spacial score (nSPS) is 14.0. The fourth-order valence-corrected chi connectivity index (χ4v) is 2.63. The number of carbonyl (C=O) groups excluding carboxylic acids is 2. The van der Waals surface area contributed by atoms with Gasteiger partial charge >= 0.3 is 11.9 Å². The first-order valence-corrected chi connectivity index (χ1v) is 8.21. The monoisotopic (exact) mass is 374 g/mol. The lowest BCUT2D eigenvalue weighted by atomic mass is 9.86. The number of hydrogen-bond acceptors (Lipinski definition) is 4. The van der Waals surface area contributed by atoms with E-state index >= 15 is 0 Å². The molecule has 0 radical (unpaired) electrons. The van der Waals surface area contributed by atoms with E-state index in [9.17, 15) is 9.59 Å². The lowest BCUT2D eigenvalue weighted by molar-refractivity contribution is -0.141. The van der Waals surface area contributed by atoms with E-state index in [4.69, 9.17) is 9.47 Å². The number of ether oxygens (including phenoxy) is 2. The predicted molar refractivity (Wildman–Crippen MR) is 88.5 cm³/mol. The Kier molecular flexibility index (Phi) is 4.76. The van der Waals surface area contributed by atoms with E-state index in [1.54, 1.807) is 42.5 Å². The van der Waals surface area contributed by atoms with Crippen molar-refractivity contribution in [2.75, 3.05) is 0 Å². The Morgan fingerprint density at radius 3 is 2.26 bits per heavy atom. The Balaban J connectivity index is 1.74. The van der Waals surface area contributed by atoms with Crippen molar-refractivity contribution in [3.63, 3.8) is 0 Å². The molecule has 1 fully saturated rings. The average molecular weight is 375 g/mol. The van der Waals surface area contributed by atoms with Gasteiger partial charge in [-0.05, 0) is 43.2 Å². The van der Waals surface area contributed by atoms with Crippen molar-refractivity contribution < 1.29 is 19.1 Å². The second-order valence-corrected chi connectivity index (χ2v) is 6.31. The van der Waals surface area contributed by atoms with Crippen LogP contribution >= 0.6 is 15.9 Å². The van der Waals surface area contributed by atoms with E-state index in [-0.39, 0.29) is 23.4 Å². The highest BCUT2D eigenvalue weighted by molar-refractivity contribution is 9.10. The third-order valence-electron chi connectivity index (χ3n) is 3.76. The van der Waals surface area contributed by atoms with E-state index in [1.165, 1.54) is 0 Å². The van der Waals surface area contributed by atoms with E-state index in [1.807, 2.05) is 6.07 Å². The molecule has 118 valence electrons. The maximum Gasteiger partial charge on any atom is 0.343 e. The number of benzene rings is 2. The highest BCUT2D eigenvalue weighted by Gasteiger charge is 2.28. The Hall–Kier alpha value is -2.14. The number of carbonyl (C=O) groups is 2. The average Bonchev–Trinajstić information content (AvgIpc) is 2.47. The standard InChI is InChI=1S/C18H15BrO4/c19-14-8-4-7-13(11-14)18(21)23-16-10-2-1-9-15(16)22-17(20)12-5-3-6-12/h1-2,4,7-12H,3,5-6H2. The molecule has 0 amide bonds. The van der Waals surface area contributed by atoms with Gasteiger partial charge in [-0.15, -0.1) is 0 Å². The fraction of sp³-hybridized carbons (Fsp3) is 0.222. The van der Waals surface area contributed by atoms with Crippen LogP contribution in [0.5, 0.6) is 11.5 Å². The van der Waals surface area contributed by atoms with Crippen molar-refractivity contribution in [3.05, 3.63) is 58.6 Å². The van der Waals surface area contributed by atoms with Crippen LogP contribution in [0.1, 0.15) is 29.6 Å². The SMILES string of the molecule is O=C(Oc1ccccc1OC(=O)C1CCC1)c1cccc(Br)c1. The molecular weight excluding hydrogens is 360 g/mol. The molecule has 0 spiro atoms. The fourth-order valence-electron chi connectivity index (χ4n) is 2.23. The van der Waals surface area contributed by atoms with Gasteiger partial charge in [0.25, 0.3) is 0 Å². The first-order chi connectivity index (χ1) is 11.1. The number of hydrogen-bond donors (Lipinski definition) is 0. The van der Waals surface area contributed by atoms with Gasteiger partial charge in [-0.25, -0.2) is 4.79 Å². The van der Waals surface area contributed by atoms with Gasteiger partial charge in [0, 0.05) is 4.47 Å². The molecule has 2 aromatic carbocycles. The lowest BCUT2D eigenvalue weighted by Gasteiger charge is -2.23. The van der Waals surface area contributed by atoms with Crippen molar-refractivity contribution >= 4 is 27.9 Å². The van der Waals surface area contributed by atoms with Crippen LogP contribution in [0.3, 0.4) is 0 Å². The van der Waals surface area contributed by atoms with Crippen LogP contribution in [0.4, 0.5) is 0 Å². The second kappa shape index (κ2) is 6.96. The molecule has 0 N–H and O–H groups in total. The van der Waals surface area contributed by atoms with Crippen molar-refractivity contribution in [3.8, 4) is 11.5 Å². The minimum atomic E-state index is -0.501. The van der Waals surface area contributed by atoms with Gasteiger partial charge in [-0.3, -0.25) is 4.79 Å². The molecule has 0 heterocycles. The van der Waals surface area contributed by atoms with Crippen LogP contribution in [0, 0.1) is 5.92 Å². The molecule has 5 heteroatoms. The largest absolute Gasteiger partial charge is 0.422 e. The molecule has 0 atom stereocenters. The summed E-state index contributed by atoms with van der Waals surface area (Å²) in [6, 6.07) is 13.6. The predicted octanol–water partition coefficient (Wildman–Crippen LogP) is 4.37. The lowest BCUT2D eigenvalue weighted by Crippen LogP contribution is -2.26. The third kappa shape index (κ3) is 3.79. The second-order valence-electron chi connectivity index (χ2n) is 5.40. The summed E-state index contributed by atoms with van der Waals surface area (Å²) in [5.74, 6) is -0.289. The van der Waals surface area contributed by atoms with Gasteiger partial charge in [-0.2, -0.15) is 0 Å². The molecule has 4 nitrogen and oxygen atoms in total. The topological polar surface area (TPSA) is 52.6 Å². The van der Waals surface area contributed by atoms with Crippen LogP contribution in [0.2, 0.25) is 0 Å². The smallest absolute Gasteiger partial charge is 0.343 e. The molecule has 1 saturated carbocycles. The zero-order valence-corrected chi connectivity index (χ0v) is 13.9. The molecule has 0 bridgehead atoms. The van der Waals surface area contributed by atoms with Gasteiger partial charge in [0.2, 0.25) is 0 Å². The Morgan fingerprint density at radius 2 is 1.65 bits per heavy atom. The molecule has 23 heavy (non-hydrogen) atoms. The molecule has 2 aromatic rings. The molecule has 1 aliphatic carbocycles. The maximum atomic E-state index is 12.2. The van der Waals surface area contributed by atoms with Crippen molar-refractivity contribution in [1.82, 2.24) is 0 Å². The zero-order chi connectivity index (χ0) is 16.2. The minimum Gasteiger partial charge on any atom is -0.422 e. The Morgan fingerprint density at radius 1 is 0.957 bits per heavy atom. The molecule has 0 saturated heterocycles. The van der Waals surface area contributed by atoms with Gasteiger partial charge < -0.3 is 9.47 Å². The molecule has 0 aliphatic heterocycles. The molecule has 3 rings (SSSR count). The molecule has 1 aliphatic rings. The van der Waals surface area contributed by atoms with Gasteiger partial charge in [-0.1, -0.05) is 40.5 Å². The molecular formula is C18H15BrO4. The first kappa shape index (κ1) is 15.7. The zero-order valence-electron chi connectivity index (χ0n) is 12.3. The van der Waals surface area contributed by atoms with Gasteiger partial charge in [0.05, 0.1) is 11.5 Å². The Bertz CT molecular complexity index is 737. The summed E-state index contributed by atoms with van der Waals surface area (Å²) in [7, 11) is 0. The summed E-state index contributed by atoms with van der Waals surface area (Å²) < 4.78 is 11.6. The molecule has 0 unspecified atom stereocenters. The summed E-state index contributed by atoms with van der Waals surface area (Å²) >= 11 is 3.32. The van der Waals surface area contributed by atoms with E-state index < -0.39 is 5.97 Å². The van der Waals surface area contributed by atoms with Crippen LogP contribution in [-0.4, -0.2) is 11.9 Å². The van der Waals surface area contributed by atoms with Gasteiger partial charge in [0.15, 0.2) is 11.5 Å². The first-order valence-electron chi connectivity index (χ1n) is 7.42. The van der Waals surface area contributed by atoms with Gasteiger partial charge in [0.1, 0.15) is 0 Å². The molecule has 0 aromatic heterocycles. The van der Waals surface area contributed by atoms with Crippen molar-refractivity contribution in [2.24, 2.45) is 5.92 Å². The van der Waals surface area contributed by atoms with Crippen molar-refractivity contribution in [1.29, 1.82) is 0 Å². The number of para-hydroxylation sites is 2. The van der Waals surface area contributed by atoms with Crippen molar-refractivity contribution in [2.45, 2.75) is 19.3 Å². The highest BCUT2D eigenvalue weighted by atomic mass is 79.9. The van der Waals surface area contributed by atoms with Crippen LogP contribution in [-0.2, 0) is 4.79 Å².